The van der Waals surface area contributed by atoms with E-state index in [-0.39, 0.29) is 37.0 Å². The Balaban J connectivity index is 0.00000193. The molecule has 0 aliphatic heterocycles. The van der Waals surface area contributed by atoms with Gasteiger partial charge in [0, 0.05) is 18.8 Å². The standard InChI is InChI=1S/C24H23N3O4.2ClH/c1-14-9-19(10-15(2)23(14)25)31-18-7-8-20-21(12-18)27(3)22(26-20)13-30-17-6-4-5-16(11-17)24(28)29;;/h4-12H,13,25H2,1-3H3,(H,28,29);2*1H. The lowest BCUT2D eigenvalue weighted by Gasteiger charge is -2.11. The average Bonchev–Trinajstić information content (AvgIpc) is 3.06. The molecule has 0 bridgehead atoms. The van der Waals surface area contributed by atoms with Crippen LogP contribution in [0.5, 0.6) is 17.2 Å². The summed E-state index contributed by atoms with van der Waals surface area (Å²) in [6, 6.07) is 15.9. The summed E-state index contributed by atoms with van der Waals surface area (Å²) in [5, 5.41) is 9.12. The highest BCUT2D eigenvalue weighted by Gasteiger charge is 2.12. The van der Waals surface area contributed by atoms with Crippen LogP contribution in [0.25, 0.3) is 11.0 Å². The Kier molecular flexibility index (Phi) is 8.19. The number of aromatic carboxylic acids is 1. The lowest BCUT2D eigenvalue weighted by molar-refractivity contribution is 0.0696. The monoisotopic (exact) mass is 489 g/mol. The minimum atomic E-state index is -0.993. The van der Waals surface area contributed by atoms with Gasteiger partial charge in [-0.25, -0.2) is 9.78 Å². The van der Waals surface area contributed by atoms with E-state index in [1.165, 1.54) is 12.1 Å². The van der Waals surface area contributed by atoms with E-state index in [4.69, 9.17) is 20.3 Å². The van der Waals surface area contributed by atoms with Crippen molar-refractivity contribution in [3.05, 3.63) is 77.1 Å². The molecule has 1 aromatic heterocycles. The van der Waals surface area contributed by atoms with Crippen LogP contribution in [0.4, 0.5) is 5.69 Å². The highest BCUT2D eigenvalue weighted by atomic mass is 35.5. The molecule has 3 aromatic carbocycles. The highest BCUT2D eigenvalue weighted by molar-refractivity contribution is 5.88. The molecule has 0 saturated heterocycles. The van der Waals surface area contributed by atoms with Gasteiger partial charge in [-0.1, -0.05) is 6.07 Å². The number of hydrogen-bond acceptors (Lipinski definition) is 5. The Hall–Kier alpha value is -3.42. The number of benzene rings is 3. The first kappa shape index (κ1) is 25.8. The largest absolute Gasteiger partial charge is 0.486 e. The number of nitrogens with zero attached hydrogens (tertiary/aromatic N) is 2. The van der Waals surface area contributed by atoms with Gasteiger partial charge in [-0.15, -0.1) is 24.8 Å². The molecule has 4 aromatic rings. The first-order valence-electron chi connectivity index (χ1n) is 9.78. The van der Waals surface area contributed by atoms with Crippen molar-refractivity contribution in [3.63, 3.8) is 0 Å². The number of nitrogen functional groups attached to an aromatic ring is 1. The van der Waals surface area contributed by atoms with Gasteiger partial charge in [-0.3, -0.25) is 0 Å². The van der Waals surface area contributed by atoms with E-state index in [2.05, 4.69) is 4.98 Å². The number of imidazole rings is 1. The lowest BCUT2D eigenvalue weighted by Crippen LogP contribution is -2.04. The van der Waals surface area contributed by atoms with Gasteiger partial charge >= 0.3 is 5.97 Å². The molecular formula is C24H25Cl2N3O4. The third-order valence-corrected chi connectivity index (χ3v) is 5.20. The van der Waals surface area contributed by atoms with Gasteiger partial charge in [-0.2, -0.15) is 0 Å². The maximum Gasteiger partial charge on any atom is 0.335 e. The van der Waals surface area contributed by atoms with Crippen LogP contribution < -0.4 is 15.2 Å². The van der Waals surface area contributed by atoms with Crippen molar-refractivity contribution in [2.24, 2.45) is 7.05 Å². The van der Waals surface area contributed by atoms with Crippen molar-refractivity contribution in [1.29, 1.82) is 0 Å². The van der Waals surface area contributed by atoms with Crippen molar-refractivity contribution >= 4 is 47.5 Å². The number of rotatable bonds is 6. The average molecular weight is 490 g/mol. The Morgan fingerprint density at radius 3 is 2.36 bits per heavy atom. The summed E-state index contributed by atoms with van der Waals surface area (Å²) >= 11 is 0. The number of carboxylic acid groups (broad SMARTS) is 1. The zero-order valence-corrected chi connectivity index (χ0v) is 20.0. The van der Waals surface area contributed by atoms with E-state index >= 15 is 0 Å². The summed E-state index contributed by atoms with van der Waals surface area (Å²) in [4.78, 5) is 15.7. The summed E-state index contributed by atoms with van der Waals surface area (Å²) in [5.41, 5.74) is 10.6. The molecule has 0 fully saturated rings. The fraction of sp³-hybridized carbons (Fsp3) is 0.167. The molecule has 0 radical (unpaired) electrons. The van der Waals surface area contributed by atoms with Crippen LogP contribution in [0.1, 0.15) is 27.3 Å². The molecule has 3 N–H and O–H groups in total. The molecule has 174 valence electrons. The predicted octanol–water partition coefficient (Wildman–Crippen LogP) is 5.69. The van der Waals surface area contributed by atoms with Crippen molar-refractivity contribution in [2.45, 2.75) is 20.5 Å². The van der Waals surface area contributed by atoms with E-state index in [1.54, 1.807) is 12.1 Å². The zero-order chi connectivity index (χ0) is 22.1. The second-order valence-electron chi connectivity index (χ2n) is 7.43. The topological polar surface area (TPSA) is 99.6 Å². The number of nitrogens with two attached hydrogens (primary N) is 1. The van der Waals surface area contributed by atoms with Crippen LogP contribution >= 0.6 is 24.8 Å². The Morgan fingerprint density at radius 2 is 1.70 bits per heavy atom. The maximum atomic E-state index is 11.1. The lowest BCUT2D eigenvalue weighted by atomic mass is 10.1. The molecule has 0 atom stereocenters. The first-order chi connectivity index (χ1) is 14.8. The van der Waals surface area contributed by atoms with E-state index in [9.17, 15) is 4.79 Å². The van der Waals surface area contributed by atoms with E-state index in [0.29, 0.717) is 17.3 Å². The predicted molar refractivity (Wildman–Crippen MR) is 133 cm³/mol. The number of aryl methyl sites for hydroxylation is 3. The number of carboxylic acids is 1. The number of carbonyl (C=O) groups is 1. The number of halogens is 2. The number of fused-ring (bicyclic) bond motifs is 1. The second-order valence-corrected chi connectivity index (χ2v) is 7.43. The molecule has 1 heterocycles. The third kappa shape index (κ3) is 5.50. The Morgan fingerprint density at radius 1 is 1.00 bits per heavy atom. The second kappa shape index (κ2) is 10.5. The normalized spacial score (nSPS) is 10.3. The summed E-state index contributed by atoms with van der Waals surface area (Å²) in [5.74, 6) is 1.62. The Bertz CT molecular complexity index is 1280. The fourth-order valence-electron chi connectivity index (χ4n) is 3.41. The van der Waals surface area contributed by atoms with Gasteiger partial charge in [0.2, 0.25) is 0 Å². The summed E-state index contributed by atoms with van der Waals surface area (Å²) in [7, 11) is 1.91. The van der Waals surface area contributed by atoms with E-state index < -0.39 is 5.97 Å². The van der Waals surface area contributed by atoms with Crippen LogP contribution in [0.3, 0.4) is 0 Å². The first-order valence-corrected chi connectivity index (χ1v) is 9.78. The SMILES string of the molecule is Cc1cc(Oc2ccc3nc(COc4cccc(C(=O)O)c4)n(C)c3c2)cc(C)c1N.Cl.Cl. The minimum absolute atomic E-state index is 0. The minimum Gasteiger partial charge on any atom is -0.486 e. The van der Waals surface area contributed by atoms with E-state index in [0.717, 1.165) is 33.6 Å². The van der Waals surface area contributed by atoms with Crippen LogP contribution in [-0.4, -0.2) is 20.6 Å². The summed E-state index contributed by atoms with van der Waals surface area (Å²) in [6.07, 6.45) is 0. The fourth-order valence-corrected chi connectivity index (χ4v) is 3.41. The highest BCUT2D eigenvalue weighted by Crippen LogP contribution is 2.30. The molecule has 0 aliphatic rings. The van der Waals surface area contributed by atoms with Gasteiger partial charge in [0.1, 0.15) is 29.7 Å². The van der Waals surface area contributed by atoms with Gasteiger partial charge < -0.3 is 24.9 Å². The van der Waals surface area contributed by atoms with Crippen LogP contribution in [-0.2, 0) is 13.7 Å². The molecule has 33 heavy (non-hydrogen) atoms. The summed E-state index contributed by atoms with van der Waals surface area (Å²) < 4.78 is 13.7. The van der Waals surface area contributed by atoms with Crippen LogP contribution in [0.2, 0.25) is 0 Å². The van der Waals surface area contributed by atoms with Gasteiger partial charge in [-0.05, 0) is 67.4 Å². The van der Waals surface area contributed by atoms with Crippen LogP contribution in [0.15, 0.2) is 54.6 Å². The maximum absolute atomic E-state index is 11.1. The molecule has 0 aliphatic carbocycles. The molecule has 0 saturated carbocycles. The number of ether oxygens (including phenoxy) is 2. The molecule has 9 heteroatoms. The van der Waals surface area contributed by atoms with Crippen LogP contribution in [0, 0.1) is 13.8 Å². The molecule has 0 spiro atoms. The van der Waals surface area contributed by atoms with Crippen molar-refractivity contribution in [2.75, 3.05) is 5.73 Å². The van der Waals surface area contributed by atoms with Crippen molar-refractivity contribution in [3.8, 4) is 17.2 Å². The zero-order valence-electron chi connectivity index (χ0n) is 18.4. The van der Waals surface area contributed by atoms with E-state index in [1.807, 2.05) is 55.8 Å². The molecular weight excluding hydrogens is 465 g/mol. The molecule has 4 rings (SSSR count). The third-order valence-electron chi connectivity index (χ3n) is 5.20. The molecule has 0 amide bonds. The van der Waals surface area contributed by atoms with Gasteiger partial charge in [0.25, 0.3) is 0 Å². The van der Waals surface area contributed by atoms with Crippen molar-refractivity contribution < 1.29 is 19.4 Å². The molecule has 7 nitrogen and oxygen atoms in total. The quantitative estimate of drug-likeness (QED) is 0.337. The Labute approximate surface area is 204 Å². The molecule has 0 unspecified atom stereocenters. The van der Waals surface area contributed by atoms with Gasteiger partial charge in [0.05, 0.1) is 16.6 Å². The van der Waals surface area contributed by atoms with Gasteiger partial charge in [0.15, 0.2) is 0 Å². The number of aromatic nitrogens is 2. The number of anilines is 1. The number of hydrogen-bond donors (Lipinski definition) is 2. The summed E-state index contributed by atoms with van der Waals surface area (Å²) in [6.45, 7) is 4.12. The van der Waals surface area contributed by atoms with Crippen molar-refractivity contribution in [1.82, 2.24) is 9.55 Å². The smallest absolute Gasteiger partial charge is 0.335 e.